The first-order valence-electron chi connectivity index (χ1n) is 22.3. The molecule has 4 rings (SSSR count). The lowest BCUT2D eigenvalue weighted by molar-refractivity contribution is 0.813. The van der Waals surface area contributed by atoms with Gasteiger partial charge in [0, 0.05) is 0 Å². The van der Waals surface area contributed by atoms with E-state index in [0.29, 0.717) is 76.3 Å². The highest BCUT2D eigenvalue weighted by Gasteiger charge is 2.26. The third-order valence-electron chi connectivity index (χ3n) is 12.0. The second-order valence-corrected chi connectivity index (χ2v) is 22.5. The summed E-state index contributed by atoms with van der Waals surface area (Å²) in [4.78, 5) is 0. The van der Waals surface area contributed by atoms with Crippen LogP contribution in [-0.2, 0) is 0 Å². The Morgan fingerprint density at radius 2 is 0.393 bits per heavy atom. The normalized spacial score (nSPS) is 13.0. The zero-order chi connectivity index (χ0) is 42.1. The molecular weight excluding hydrogens is 711 g/mol. The minimum Gasteiger partial charge on any atom is -0.0587 e. The van der Waals surface area contributed by atoms with Crippen LogP contribution in [0.2, 0.25) is 0 Å². The Morgan fingerprint density at radius 1 is 0.232 bits per heavy atom. The molecule has 0 nitrogen and oxygen atoms in total. The van der Waals surface area contributed by atoms with Crippen LogP contribution < -0.4 is 21.2 Å². The Bertz CT molecular complexity index is 1700. The van der Waals surface area contributed by atoms with E-state index in [-0.39, 0.29) is 0 Å². The Morgan fingerprint density at radius 3 is 0.536 bits per heavy atom. The molecule has 0 bridgehead atoms. The van der Waals surface area contributed by atoms with Gasteiger partial charge in [0.05, 0.1) is 0 Å². The van der Waals surface area contributed by atoms with E-state index in [1.165, 1.54) is 44.5 Å². The summed E-state index contributed by atoms with van der Waals surface area (Å²) in [6, 6.07) is 20.5. The predicted molar refractivity (Wildman–Crippen MR) is 261 cm³/mol. The van der Waals surface area contributed by atoms with E-state index in [1.54, 1.807) is 43.5 Å². The van der Waals surface area contributed by atoms with Gasteiger partial charge in [0.15, 0.2) is 0 Å². The van der Waals surface area contributed by atoms with E-state index >= 15 is 0 Å². The Hall–Kier alpha value is -2.26. The maximum Gasteiger partial charge on any atom is -0.0157 e. The molecule has 4 aromatic rings. The predicted octanol–water partition coefficient (Wildman–Crippen LogP) is 15.8. The van der Waals surface area contributed by atoms with Gasteiger partial charge in [0.2, 0.25) is 0 Å². The van der Waals surface area contributed by atoms with Crippen LogP contribution in [0.4, 0.5) is 0 Å². The van der Waals surface area contributed by atoms with Gasteiger partial charge in [-0.1, -0.05) is 204 Å². The molecule has 2 unspecified atom stereocenters. The largest absolute Gasteiger partial charge is 0.0587 e. The number of hydrogen-bond acceptors (Lipinski definition) is 0. The van der Waals surface area contributed by atoms with Gasteiger partial charge in [-0.15, -0.1) is 0 Å². The molecule has 0 saturated heterocycles. The fourth-order valence-electron chi connectivity index (χ4n) is 8.27. The Balaban J connectivity index is 2.01. The average Bonchev–Trinajstić information content (AvgIpc) is 3.10. The van der Waals surface area contributed by atoms with Crippen molar-refractivity contribution in [3.63, 3.8) is 0 Å². The molecule has 2 heteroatoms. The highest BCUT2D eigenvalue weighted by atomic mass is 31.1. The first-order chi connectivity index (χ1) is 26.0. The smallest absolute Gasteiger partial charge is 0.0157 e. The van der Waals surface area contributed by atoms with Crippen LogP contribution in [0, 0.1) is 0 Å². The zero-order valence-electron chi connectivity index (χ0n) is 39.4. The topological polar surface area (TPSA) is 0 Å². The molecule has 0 spiro atoms. The van der Waals surface area contributed by atoms with Crippen LogP contribution in [0.25, 0.3) is 11.1 Å². The SMILES string of the molecule is CC(C)c1cc(C(C)C)c(Pc2c(C(C)C)cc(-c3cc(C(C)C)c(Pc4c(C(C)C)cc(C(C)C)cc4C(C)C)c(C(C)C)c3)cc2C(C)C)c(C(C)C)c1. The van der Waals surface area contributed by atoms with E-state index < -0.39 is 0 Å². The summed E-state index contributed by atoms with van der Waals surface area (Å²) in [6.45, 7) is 47.8. The summed E-state index contributed by atoms with van der Waals surface area (Å²) in [5.41, 5.74) is 18.0. The molecule has 0 amide bonds. The molecule has 0 aromatic heterocycles. The molecule has 56 heavy (non-hydrogen) atoms. The van der Waals surface area contributed by atoms with Crippen molar-refractivity contribution in [3.05, 3.63) is 104 Å². The molecule has 0 aliphatic heterocycles. The van der Waals surface area contributed by atoms with Crippen molar-refractivity contribution in [3.8, 4) is 11.1 Å². The standard InChI is InChI=1S/C54H80P2/c1-29(2)39-21-43(31(5)6)51(44(22-39)32(7)8)55-53-47(35(13)14)25-41(26-48(53)36(15)16)42-27-49(37(17)18)54(50(28-42)38(19)20)56-52-45(33(9)10)23-40(30(3)4)24-46(52)34(11)12/h21-38,55-56H,1-20H3. The lowest BCUT2D eigenvalue weighted by atomic mass is 9.87. The zero-order valence-corrected chi connectivity index (χ0v) is 41.4. The van der Waals surface area contributed by atoms with Crippen molar-refractivity contribution < 1.29 is 0 Å². The van der Waals surface area contributed by atoms with Crippen LogP contribution in [0.1, 0.15) is 253 Å². The van der Waals surface area contributed by atoms with Crippen LogP contribution in [0.15, 0.2) is 48.5 Å². The lowest BCUT2D eigenvalue weighted by Crippen LogP contribution is -2.23. The molecule has 4 aromatic carbocycles. The molecule has 0 heterocycles. The summed E-state index contributed by atoms with van der Waals surface area (Å²) in [7, 11) is 1.29. The highest BCUT2D eigenvalue weighted by Crippen LogP contribution is 2.40. The van der Waals surface area contributed by atoms with Gasteiger partial charge in [0.25, 0.3) is 0 Å². The first-order valence-corrected chi connectivity index (χ1v) is 24.3. The van der Waals surface area contributed by atoms with Gasteiger partial charge in [-0.3, -0.25) is 0 Å². The fourth-order valence-corrected chi connectivity index (χ4v) is 12.8. The van der Waals surface area contributed by atoms with Gasteiger partial charge in [0.1, 0.15) is 0 Å². The molecule has 0 aliphatic carbocycles. The van der Waals surface area contributed by atoms with Crippen LogP contribution >= 0.6 is 17.2 Å². The van der Waals surface area contributed by atoms with Crippen molar-refractivity contribution in [1.82, 2.24) is 0 Å². The summed E-state index contributed by atoms with van der Waals surface area (Å²) in [5.74, 6) is 4.74. The van der Waals surface area contributed by atoms with E-state index in [1.807, 2.05) is 0 Å². The second-order valence-electron chi connectivity index (χ2n) is 20.0. The monoisotopic (exact) mass is 791 g/mol. The van der Waals surface area contributed by atoms with E-state index in [9.17, 15) is 0 Å². The van der Waals surface area contributed by atoms with Crippen LogP contribution in [0.3, 0.4) is 0 Å². The minimum atomic E-state index is 0.433. The van der Waals surface area contributed by atoms with Gasteiger partial charge in [-0.2, -0.15) is 0 Å². The molecule has 0 N–H and O–H groups in total. The van der Waals surface area contributed by atoms with Gasteiger partial charge in [-0.25, -0.2) is 0 Å². The van der Waals surface area contributed by atoms with Gasteiger partial charge < -0.3 is 0 Å². The van der Waals surface area contributed by atoms with Crippen LogP contribution in [-0.4, -0.2) is 0 Å². The summed E-state index contributed by atoms with van der Waals surface area (Å²) in [5, 5.41) is 6.35. The number of benzene rings is 4. The highest BCUT2D eigenvalue weighted by molar-refractivity contribution is 7.56. The average molecular weight is 791 g/mol. The van der Waals surface area contributed by atoms with Crippen molar-refractivity contribution >= 4 is 38.4 Å². The van der Waals surface area contributed by atoms with Gasteiger partial charge in [-0.05, 0) is 147 Å². The molecule has 0 saturated carbocycles. The third-order valence-corrected chi connectivity index (χ3v) is 15.3. The lowest BCUT2D eigenvalue weighted by Gasteiger charge is -2.28. The third kappa shape index (κ3) is 10.3. The summed E-state index contributed by atoms with van der Waals surface area (Å²) >= 11 is 0. The maximum absolute atomic E-state index is 2.59. The molecule has 0 fully saturated rings. The molecule has 0 aliphatic rings. The molecule has 306 valence electrons. The van der Waals surface area contributed by atoms with Gasteiger partial charge >= 0.3 is 0 Å². The minimum absolute atomic E-state index is 0.433. The fraction of sp³-hybridized carbons (Fsp3) is 0.556. The Kier molecular flexibility index (Phi) is 15.9. The van der Waals surface area contributed by atoms with E-state index in [2.05, 4.69) is 187 Å². The van der Waals surface area contributed by atoms with Crippen molar-refractivity contribution in [2.24, 2.45) is 0 Å². The van der Waals surface area contributed by atoms with E-state index in [0.717, 1.165) is 0 Å². The Labute approximate surface area is 349 Å². The summed E-state index contributed by atoms with van der Waals surface area (Å²) < 4.78 is 0. The van der Waals surface area contributed by atoms with Crippen molar-refractivity contribution in [2.45, 2.75) is 198 Å². The quantitative estimate of drug-likeness (QED) is 0.105. The molecular formula is C54H80P2. The maximum atomic E-state index is 2.59. The van der Waals surface area contributed by atoms with Crippen molar-refractivity contribution in [1.29, 1.82) is 0 Å². The molecule has 0 radical (unpaired) electrons. The number of hydrogen-bond donors (Lipinski definition) is 0. The first kappa shape index (κ1) is 46.4. The van der Waals surface area contributed by atoms with Crippen molar-refractivity contribution in [2.75, 3.05) is 0 Å². The summed E-state index contributed by atoms with van der Waals surface area (Å²) in [6.07, 6.45) is 0. The molecule has 2 atom stereocenters. The second kappa shape index (κ2) is 19.2. The van der Waals surface area contributed by atoms with E-state index in [4.69, 9.17) is 0 Å². The van der Waals surface area contributed by atoms with Crippen LogP contribution in [0.5, 0.6) is 0 Å². The number of rotatable bonds is 15.